The van der Waals surface area contributed by atoms with Crippen LogP contribution in [0, 0.1) is 6.92 Å². The number of rotatable bonds is 6. The monoisotopic (exact) mass is 350 g/mol. The number of nitrogens with zero attached hydrogens (tertiary/aromatic N) is 1. The molecule has 0 unspecified atom stereocenters. The quantitative estimate of drug-likeness (QED) is 0.852. The van der Waals surface area contributed by atoms with Gasteiger partial charge in [-0.2, -0.15) is 0 Å². The Morgan fingerprint density at radius 1 is 1.13 bits per heavy atom. The van der Waals surface area contributed by atoms with Crippen molar-refractivity contribution >= 4 is 29.1 Å². The van der Waals surface area contributed by atoms with Crippen LogP contribution in [-0.2, 0) is 17.9 Å². The third kappa shape index (κ3) is 5.87. The summed E-state index contributed by atoms with van der Waals surface area (Å²) in [5, 5.41) is 4.15. The molecule has 0 aliphatic carbocycles. The molecule has 3 nitrogen and oxygen atoms in total. The number of benzene rings is 2. The molecular weight excluding hydrogens is 331 g/mol. The van der Waals surface area contributed by atoms with E-state index in [4.69, 9.17) is 23.2 Å². The molecular formula is C18H20Cl2N2O. The molecule has 23 heavy (non-hydrogen) atoms. The van der Waals surface area contributed by atoms with Gasteiger partial charge in [-0.3, -0.25) is 9.69 Å². The largest absolute Gasteiger partial charge is 0.351 e. The average Bonchev–Trinajstić information content (AvgIpc) is 2.45. The first-order chi connectivity index (χ1) is 10.9. The minimum Gasteiger partial charge on any atom is -0.351 e. The smallest absolute Gasteiger partial charge is 0.234 e. The highest BCUT2D eigenvalue weighted by Gasteiger charge is 2.08. The maximum absolute atomic E-state index is 12.1. The van der Waals surface area contributed by atoms with Crippen LogP contribution in [0.2, 0.25) is 10.0 Å². The number of hydrogen-bond donors (Lipinski definition) is 1. The van der Waals surface area contributed by atoms with E-state index in [1.165, 1.54) is 5.56 Å². The molecule has 0 radical (unpaired) electrons. The lowest BCUT2D eigenvalue weighted by atomic mass is 10.1. The van der Waals surface area contributed by atoms with Gasteiger partial charge < -0.3 is 5.32 Å². The molecule has 0 heterocycles. The van der Waals surface area contributed by atoms with E-state index >= 15 is 0 Å². The number of likely N-dealkylation sites (N-methyl/N-ethyl adjacent to an activating group) is 1. The topological polar surface area (TPSA) is 32.3 Å². The minimum absolute atomic E-state index is 0.0103. The van der Waals surface area contributed by atoms with Crippen molar-refractivity contribution < 1.29 is 4.79 Å². The van der Waals surface area contributed by atoms with Crippen LogP contribution >= 0.6 is 23.2 Å². The van der Waals surface area contributed by atoms with E-state index in [2.05, 4.69) is 5.32 Å². The number of carbonyl (C=O) groups excluding carboxylic acids is 1. The molecule has 1 amide bonds. The third-order valence-corrected chi connectivity index (χ3v) is 3.96. The maximum atomic E-state index is 12.1. The van der Waals surface area contributed by atoms with Crippen LogP contribution in [0.5, 0.6) is 0 Å². The van der Waals surface area contributed by atoms with Gasteiger partial charge in [0.05, 0.1) is 6.54 Å². The minimum atomic E-state index is -0.0103. The highest BCUT2D eigenvalue weighted by molar-refractivity contribution is 6.34. The van der Waals surface area contributed by atoms with E-state index in [9.17, 15) is 4.79 Å². The molecule has 0 saturated carbocycles. The summed E-state index contributed by atoms with van der Waals surface area (Å²) >= 11 is 12.0. The van der Waals surface area contributed by atoms with Gasteiger partial charge in [-0.15, -0.1) is 0 Å². The fraction of sp³-hybridized carbons (Fsp3) is 0.278. The Morgan fingerprint density at radius 2 is 1.78 bits per heavy atom. The summed E-state index contributed by atoms with van der Waals surface area (Å²) in [6.45, 7) is 3.51. The van der Waals surface area contributed by atoms with Crippen molar-refractivity contribution in [3.8, 4) is 0 Å². The van der Waals surface area contributed by atoms with E-state index in [0.29, 0.717) is 29.7 Å². The predicted molar refractivity (Wildman–Crippen MR) is 95.8 cm³/mol. The normalized spacial score (nSPS) is 10.8. The summed E-state index contributed by atoms with van der Waals surface area (Å²) in [4.78, 5) is 14.0. The second-order valence-electron chi connectivity index (χ2n) is 5.65. The van der Waals surface area contributed by atoms with Crippen molar-refractivity contribution in [3.05, 3.63) is 69.2 Å². The lowest BCUT2D eigenvalue weighted by Crippen LogP contribution is -2.34. The van der Waals surface area contributed by atoms with Crippen LogP contribution in [0.25, 0.3) is 0 Å². The second-order valence-corrected chi connectivity index (χ2v) is 6.53. The van der Waals surface area contributed by atoms with Crippen molar-refractivity contribution in [2.75, 3.05) is 13.6 Å². The van der Waals surface area contributed by atoms with E-state index < -0.39 is 0 Å². The Labute approximate surface area is 147 Å². The first-order valence-corrected chi connectivity index (χ1v) is 8.14. The molecule has 0 aromatic heterocycles. The molecule has 0 atom stereocenters. The number of hydrogen-bond acceptors (Lipinski definition) is 2. The lowest BCUT2D eigenvalue weighted by molar-refractivity contribution is -0.122. The maximum Gasteiger partial charge on any atom is 0.234 e. The molecule has 0 saturated heterocycles. The van der Waals surface area contributed by atoms with Gasteiger partial charge in [-0.05, 0) is 48.9 Å². The Kier molecular flexibility index (Phi) is 6.46. The average molecular weight is 351 g/mol. The van der Waals surface area contributed by atoms with Crippen LogP contribution in [0.4, 0.5) is 0 Å². The summed E-state index contributed by atoms with van der Waals surface area (Å²) < 4.78 is 0. The summed E-state index contributed by atoms with van der Waals surface area (Å²) in [6, 6.07) is 13.4. The van der Waals surface area contributed by atoms with Crippen molar-refractivity contribution in [3.63, 3.8) is 0 Å². The first kappa shape index (κ1) is 17.8. The zero-order valence-corrected chi connectivity index (χ0v) is 14.8. The second kappa shape index (κ2) is 8.34. The van der Waals surface area contributed by atoms with Crippen molar-refractivity contribution in [1.82, 2.24) is 10.2 Å². The highest BCUT2D eigenvalue weighted by atomic mass is 35.5. The fourth-order valence-corrected chi connectivity index (χ4v) is 2.94. The zero-order chi connectivity index (χ0) is 16.8. The van der Waals surface area contributed by atoms with Gasteiger partial charge in [0.2, 0.25) is 5.91 Å². The van der Waals surface area contributed by atoms with Crippen molar-refractivity contribution in [2.45, 2.75) is 20.0 Å². The Hall–Kier alpha value is -1.55. The van der Waals surface area contributed by atoms with E-state index in [1.54, 1.807) is 6.07 Å². The van der Waals surface area contributed by atoms with Gasteiger partial charge in [0.25, 0.3) is 0 Å². The molecule has 2 rings (SSSR count). The molecule has 0 spiro atoms. The van der Waals surface area contributed by atoms with E-state index in [-0.39, 0.29) is 5.91 Å². The molecule has 5 heteroatoms. The van der Waals surface area contributed by atoms with Crippen molar-refractivity contribution in [1.29, 1.82) is 0 Å². The van der Waals surface area contributed by atoms with Crippen LogP contribution in [0.3, 0.4) is 0 Å². The number of amides is 1. The summed E-state index contributed by atoms with van der Waals surface area (Å²) in [5.74, 6) is -0.0103. The number of carbonyl (C=O) groups is 1. The van der Waals surface area contributed by atoms with Gasteiger partial charge in [0.1, 0.15) is 0 Å². The van der Waals surface area contributed by atoms with Crippen LogP contribution in [-0.4, -0.2) is 24.4 Å². The van der Waals surface area contributed by atoms with Crippen LogP contribution in [0.15, 0.2) is 42.5 Å². The molecule has 122 valence electrons. The van der Waals surface area contributed by atoms with Crippen LogP contribution < -0.4 is 5.32 Å². The van der Waals surface area contributed by atoms with E-state index in [1.807, 2.05) is 55.3 Å². The lowest BCUT2D eigenvalue weighted by Gasteiger charge is -2.17. The standard InChI is InChI=1S/C18H20Cl2N2O/c1-13-5-3-4-6-15(13)10-21-18(23)12-22(2)11-14-7-16(19)9-17(20)8-14/h3-9H,10-12H2,1-2H3,(H,21,23). The van der Waals surface area contributed by atoms with Crippen LogP contribution in [0.1, 0.15) is 16.7 Å². The molecule has 1 N–H and O–H groups in total. The third-order valence-electron chi connectivity index (χ3n) is 3.53. The van der Waals surface area contributed by atoms with Gasteiger partial charge in [-0.1, -0.05) is 47.5 Å². The van der Waals surface area contributed by atoms with Gasteiger partial charge in [-0.25, -0.2) is 0 Å². The summed E-state index contributed by atoms with van der Waals surface area (Å²) in [5.41, 5.74) is 3.29. The summed E-state index contributed by atoms with van der Waals surface area (Å²) in [7, 11) is 1.89. The zero-order valence-electron chi connectivity index (χ0n) is 13.3. The van der Waals surface area contributed by atoms with Gasteiger partial charge in [0, 0.05) is 23.1 Å². The Balaban J connectivity index is 1.84. The predicted octanol–water partition coefficient (Wildman–Crippen LogP) is 4.05. The first-order valence-electron chi connectivity index (χ1n) is 7.39. The molecule has 0 bridgehead atoms. The molecule has 0 aliphatic rings. The Bertz CT molecular complexity index is 668. The van der Waals surface area contributed by atoms with E-state index in [0.717, 1.165) is 11.1 Å². The van der Waals surface area contributed by atoms with Gasteiger partial charge >= 0.3 is 0 Å². The molecule has 2 aromatic rings. The molecule has 0 fully saturated rings. The SMILES string of the molecule is Cc1ccccc1CNC(=O)CN(C)Cc1cc(Cl)cc(Cl)c1. The van der Waals surface area contributed by atoms with Gasteiger partial charge in [0.15, 0.2) is 0 Å². The number of halogens is 2. The Morgan fingerprint density at radius 3 is 2.43 bits per heavy atom. The highest BCUT2D eigenvalue weighted by Crippen LogP contribution is 2.19. The molecule has 0 aliphatic heterocycles. The number of nitrogens with one attached hydrogen (secondary N) is 1. The fourth-order valence-electron chi connectivity index (χ4n) is 2.37. The number of aryl methyl sites for hydroxylation is 1. The van der Waals surface area contributed by atoms with Crippen molar-refractivity contribution in [2.24, 2.45) is 0 Å². The summed E-state index contributed by atoms with van der Waals surface area (Å²) in [6.07, 6.45) is 0. The molecule has 2 aromatic carbocycles.